The lowest BCUT2D eigenvalue weighted by Crippen LogP contribution is -2.34. The van der Waals surface area contributed by atoms with Crippen LogP contribution in [0.1, 0.15) is 22.8 Å². The first-order valence-electron chi connectivity index (χ1n) is 9.90. The molecule has 0 fully saturated rings. The molecular weight excluding hydrogens is 364 g/mol. The normalized spacial score (nSPS) is 15.1. The number of carbonyl (C=O) groups is 1. The van der Waals surface area contributed by atoms with Crippen molar-refractivity contribution in [2.45, 2.75) is 13.3 Å². The SMILES string of the molecule is CCNc1ccc(-c2cccc(C(=O)NC[C@H]3COc4ccccc4C3)c2)nn1. The molecule has 2 aromatic carbocycles. The van der Waals surface area contributed by atoms with E-state index in [9.17, 15) is 4.79 Å². The number of para-hydroxylation sites is 1. The van der Waals surface area contributed by atoms with E-state index in [2.05, 4.69) is 26.9 Å². The lowest BCUT2D eigenvalue weighted by Gasteiger charge is -2.25. The zero-order chi connectivity index (χ0) is 20.1. The van der Waals surface area contributed by atoms with E-state index >= 15 is 0 Å². The van der Waals surface area contributed by atoms with Crippen LogP contribution in [0.2, 0.25) is 0 Å². The van der Waals surface area contributed by atoms with Crippen molar-refractivity contribution in [2.24, 2.45) is 5.92 Å². The summed E-state index contributed by atoms with van der Waals surface area (Å²) in [5, 5.41) is 14.6. The average Bonchev–Trinajstić information content (AvgIpc) is 2.78. The molecule has 0 unspecified atom stereocenters. The Bertz CT molecular complexity index is 988. The van der Waals surface area contributed by atoms with Gasteiger partial charge in [-0.25, -0.2) is 0 Å². The zero-order valence-electron chi connectivity index (χ0n) is 16.4. The number of carbonyl (C=O) groups excluding carboxylic acids is 1. The van der Waals surface area contributed by atoms with Crippen molar-refractivity contribution in [2.75, 3.05) is 25.0 Å². The number of fused-ring (bicyclic) bond motifs is 1. The third-order valence-electron chi connectivity index (χ3n) is 4.95. The van der Waals surface area contributed by atoms with Gasteiger partial charge in [-0.1, -0.05) is 30.3 Å². The van der Waals surface area contributed by atoms with Gasteiger partial charge in [0.25, 0.3) is 5.91 Å². The van der Waals surface area contributed by atoms with Gasteiger partial charge in [0.2, 0.25) is 0 Å². The fourth-order valence-corrected chi connectivity index (χ4v) is 3.44. The number of hydrogen-bond acceptors (Lipinski definition) is 5. The molecule has 0 radical (unpaired) electrons. The minimum Gasteiger partial charge on any atom is -0.493 e. The average molecular weight is 388 g/mol. The van der Waals surface area contributed by atoms with Crippen molar-refractivity contribution >= 4 is 11.7 Å². The fraction of sp³-hybridized carbons (Fsp3) is 0.261. The van der Waals surface area contributed by atoms with Crippen molar-refractivity contribution in [3.8, 4) is 17.0 Å². The molecule has 148 valence electrons. The van der Waals surface area contributed by atoms with Crippen LogP contribution in [0.5, 0.6) is 5.75 Å². The van der Waals surface area contributed by atoms with Crippen LogP contribution in [-0.2, 0) is 6.42 Å². The number of anilines is 1. The van der Waals surface area contributed by atoms with Gasteiger partial charge < -0.3 is 15.4 Å². The summed E-state index contributed by atoms with van der Waals surface area (Å²) in [6.07, 6.45) is 0.907. The summed E-state index contributed by atoms with van der Waals surface area (Å²) in [7, 11) is 0. The quantitative estimate of drug-likeness (QED) is 0.675. The molecular formula is C23H24N4O2. The van der Waals surface area contributed by atoms with Crippen LogP contribution >= 0.6 is 0 Å². The van der Waals surface area contributed by atoms with Crippen molar-refractivity contribution < 1.29 is 9.53 Å². The van der Waals surface area contributed by atoms with E-state index in [1.807, 2.05) is 61.5 Å². The van der Waals surface area contributed by atoms with E-state index in [-0.39, 0.29) is 11.8 Å². The van der Waals surface area contributed by atoms with Gasteiger partial charge in [0.1, 0.15) is 11.6 Å². The highest BCUT2D eigenvalue weighted by molar-refractivity contribution is 5.95. The van der Waals surface area contributed by atoms with Crippen LogP contribution in [0.3, 0.4) is 0 Å². The molecule has 1 aliphatic heterocycles. The number of nitrogens with one attached hydrogen (secondary N) is 2. The van der Waals surface area contributed by atoms with Crippen LogP contribution in [0.4, 0.5) is 5.82 Å². The summed E-state index contributed by atoms with van der Waals surface area (Å²) in [5.41, 5.74) is 3.40. The first-order valence-corrected chi connectivity index (χ1v) is 9.90. The van der Waals surface area contributed by atoms with Gasteiger partial charge in [0, 0.05) is 30.1 Å². The van der Waals surface area contributed by atoms with E-state index in [0.717, 1.165) is 35.8 Å². The van der Waals surface area contributed by atoms with Gasteiger partial charge in [0.05, 0.1) is 12.3 Å². The number of nitrogens with zero attached hydrogens (tertiary/aromatic N) is 2. The maximum atomic E-state index is 12.7. The van der Waals surface area contributed by atoms with E-state index in [0.29, 0.717) is 18.7 Å². The standard InChI is InChI=1S/C23H24N4O2/c1-2-24-22-11-10-20(26-27-22)17-7-5-8-19(13-17)23(28)25-14-16-12-18-6-3-4-9-21(18)29-15-16/h3-11,13,16H,2,12,14-15H2,1H3,(H,24,27)(H,25,28)/t16-/m0/s1. The largest absolute Gasteiger partial charge is 0.493 e. The second-order valence-electron chi connectivity index (χ2n) is 7.11. The van der Waals surface area contributed by atoms with E-state index in [1.54, 1.807) is 0 Å². The second kappa shape index (κ2) is 8.73. The number of aromatic nitrogens is 2. The summed E-state index contributed by atoms with van der Waals surface area (Å²) < 4.78 is 5.81. The van der Waals surface area contributed by atoms with Crippen LogP contribution in [0, 0.1) is 5.92 Å². The van der Waals surface area contributed by atoms with Gasteiger partial charge in [-0.05, 0) is 49.2 Å². The van der Waals surface area contributed by atoms with Crippen molar-refractivity contribution in [3.63, 3.8) is 0 Å². The highest BCUT2D eigenvalue weighted by Gasteiger charge is 2.20. The summed E-state index contributed by atoms with van der Waals surface area (Å²) >= 11 is 0. The summed E-state index contributed by atoms with van der Waals surface area (Å²) in [4.78, 5) is 12.7. The molecule has 3 aromatic rings. The fourth-order valence-electron chi connectivity index (χ4n) is 3.44. The van der Waals surface area contributed by atoms with Gasteiger partial charge in [-0.3, -0.25) is 4.79 Å². The maximum Gasteiger partial charge on any atom is 0.251 e. The lowest BCUT2D eigenvalue weighted by atomic mass is 9.96. The van der Waals surface area contributed by atoms with Crippen molar-refractivity contribution in [3.05, 3.63) is 71.8 Å². The molecule has 29 heavy (non-hydrogen) atoms. The zero-order valence-corrected chi connectivity index (χ0v) is 16.4. The predicted molar refractivity (Wildman–Crippen MR) is 113 cm³/mol. The molecule has 6 heteroatoms. The Kier molecular flexibility index (Phi) is 5.70. The summed E-state index contributed by atoms with van der Waals surface area (Å²) in [6, 6.07) is 19.3. The number of benzene rings is 2. The molecule has 0 saturated heterocycles. The Labute approximate surface area is 170 Å². The van der Waals surface area contributed by atoms with E-state index in [1.165, 1.54) is 5.56 Å². The van der Waals surface area contributed by atoms with Crippen LogP contribution < -0.4 is 15.4 Å². The molecule has 1 atom stereocenters. The molecule has 0 spiro atoms. The monoisotopic (exact) mass is 388 g/mol. The first kappa shape index (κ1) is 18.9. The Morgan fingerprint density at radius 2 is 2.00 bits per heavy atom. The molecule has 2 heterocycles. The minimum absolute atomic E-state index is 0.0945. The maximum absolute atomic E-state index is 12.7. The summed E-state index contributed by atoms with van der Waals surface area (Å²) in [6.45, 7) is 4.00. The Morgan fingerprint density at radius 1 is 1.10 bits per heavy atom. The molecule has 0 bridgehead atoms. The molecule has 1 amide bonds. The minimum atomic E-state index is -0.0945. The first-order chi connectivity index (χ1) is 14.2. The molecule has 2 N–H and O–H groups in total. The number of rotatable bonds is 6. The number of hydrogen-bond donors (Lipinski definition) is 2. The molecule has 0 aliphatic carbocycles. The molecule has 0 saturated carbocycles. The Hall–Kier alpha value is -3.41. The second-order valence-corrected chi connectivity index (χ2v) is 7.11. The molecule has 1 aliphatic rings. The van der Waals surface area contributed by atoms with Crippen molar-refractivity contribution in [1.82, 2.24) is 15.5 Å². The smallest absolute Gasteiger partial charge is 0.251 e. The van der Waals surface area contributed by atoms with Crippen LogP contribution in [0.15, 0.2) is 60.7 Å². The highest BCUT2D eigenvalue weighted by atomic mass is 16.5. The number of amides is 1. The van der Waals surface area contributed by atoms with Gasteiger partial charge in [0.15, 0.2) is 0 Å². The lowest BCUT2D eigenvalue weighted by molar-refractivity contribution is 0.0939. The Balaban J connectivity index is 1.39. The van der Waals surface area contributed by atoms with Crippen molar-refractivity contribution in [1.29, 1.82) is 0 Å². The van der Waals surface area contributed by atoms with Gasteiger partial charge in [-0.2, -0.15) is 0 Å². The van der Waals surface area contributed by atoms with Gasteiger partial charge >= 0.3 is 0 Å². The molecule has 4 rings (SSSR count). The summed E-state index contributed by atoms with van der Waals surface area (Å²) in [5.74, 6) is 1.86. The topological polar surface area (TPSA) is 76.1 Å². The third kappa shape index (κ3) is 4.54. The molecule has 6 nitrogen and oxygen atoms in total. The number of ether oxygens (including phenoxy) is 1. The van der Waals surface area contributed by atoms with E-state index < -0.39 is 0 Å². The predicted octanol–water partition coefficient (Wildman–Crippen LogP) is 3.56. The van der Waals surface area contributed by atoms with Crippen LogP contribution in [0.25, 0.3) is 11.3 Å². The van der Waals surface area contributed by atoms with Crippen LogP contribution in [-0.4, -0.2) is 35.8 Å². The third-order valence-corrected chi connectivity index (χ3v) is 4.95. The molecule has 1 aromatic heterocycles. The highest BCUT2D eigenvalue weighted by Crippen LogP contribution is 2.26. The van der Waals surface area contributed by atoms with E-state index in [4.69, 9.17) is 4.74 Å². The Morgan fingerprint density at radius 3 is 2.83 bits per heavy atom. The van der Waals surface area contributed by atoms with Gasteiger partial charge in [-0.15, -0.1) is 10.2 Å².